The molecule has 0 heterocycles. The summed E-state index contributed by atoms with van der Waals surface area (Å²) in [6, 6.07) is 5.84. The normalized spacial score (nSPS) is 12.4. The molecule has 0 aliphatic rings. The fraction of sp³-hybridized carbons (Fsp3) is 0.357. The van der Waals surface area contributed by atoms with Crippen molar-refractivity contribution in [3.63, 3.8) is 0 Å². The molecular weight excluding hydrogens is 310 g/mol. The van der Waals surface area contributed by atoms with Gasteiger partial charge in [0.25, 0.3) is 0 Å². The standard InChI is InChI=1S/C12H14O6.C2H5NO2/c1-7(14)18-10-5-3-2-4-8(10)11(16)12(17)9(15)6-13;3-2(5)1-4/h2-5,9,12-13,15,17H,6H2,1H3;4H,1H2,(H2,3,5). The van der Waals surface area contributed by atoms with Crippen LogP contribution in [0.4, 0.5) is 0 Å². The first-order valence-corrected chi connectivity index (χ1v) is 6.42. The number of benzene rings is 1. The highest BCUT2D eigenvalue weighted by Crippen LogP contribution is 2.20. The molecule has 9 nitrogen and oxygen atoms in total. The van der Waals surface area contributed by atoms with Gasteiger partial charge in [-0.1, -0.05) is 12.1 Å². The quantitative estimate of drug-likeness (QED) is 0.226. The molecule has 0 aliphatic heterocycles. The number of para-hydroxylation sites is 1. The van der Waals surface area contributed by atoms with Gasteiger partial charge in [0, 0.05) is 6.92 Å². The van der Waals surface area contributed by atoms with Crippen LogP contribution in [0.25, 0.3) is 0 Å². The summed E-state index contributed by atoms with van der Waals surface area (Å²) in [4.78, 5) is 32.0. The maximum atomic E-state index is 11.8. The van der Waals surface area contributed by atoms with Gasteiger partial charge in [0.05, 0.1) is 12.2 Å². The van der Waals surface area contributed by atoms with Crippen LogP contribution in [0.15, 0.2) is 24.3 Å². The molecule has 1 amide bonds. The minimum absolute atomic E-state index is 0.000750. The van der Waals surface area contributed by atoms with Gasteiger partial charge in [0.1, 0.15) is 24.6 Å². The SMILES string of the molecule is CC(=O)Oc1ccccc1C(=O)C(O)C(O)CO.NC(=O)CO. The fourth-order valence-electron chi connectivity index (χ4n) is 1.35. The molecule has 128 valence electrons. The summed E-state index contributed by atoms with van der Waals surface area (Å²) >= 11 is 0. The van der Waals surface area contributed by atoms with E-state index in [1.807, 2.05) is 0 Å². The number of aliphatic hydroxyl groups is 4. The zero-order valence-corrected chi connectivity index (χ0v) is 12.4. The van der Waals surface area contributed by atoms with E-state index in [0.29, 0.717) is 0 Å². The molecule has 23 heavy (non-hydrogen) atoms. The Morgan fingerprint density at radius 1 is 1.17 bits per heavy atom. The summed E-state index contributed by atoms with van der Waals surface area (Å²) in [7, 11) is 0. The summed E-state index contributed by atoms with van der Waals surface area (Å²) < 4.78 is 4.82. The number of carbonyl (C=O) groups excluding carboxylic acids is 3. The van der Waals surface area contributed by atoms with E-state index in [4.69, 9.17) is 14.9 Å². The van der Waals surface area contributed by atoms with Crippen molar-refractivity contribution in [3.05, 3.63) is 29.8 Å². The maximum Gasteiger partial charge on any atom is 0.308 e. The van der Waals surface area contributed by atoms with Crippen molar-refractivity contribution in [3.8, 4) is 5.75 Å². The van der Waals surface area contributed by atoms with Gasteiger partial charge in [-0.15, -0.1) is 0 Å². The van der Waals surface area contributed by atoms with Crippen molar-refractivity contribution in [1.82, 2.24) is 0 Å². The van der Waals surface area contributed by atoms with E-state index in [1.54, 1.807) is 6.07 Å². The Balaban J connectivity index is 0.000000841. The van der Waals surface area contributed by atoms with E-state index >= 15 is 0 Å². The van der Waals surface area contributed by atoms with E-state index in [-0.39, 0.29) is 11.3 Å². The summed E-state index contributed by atoms with van der Waals surface area (Å²) in [6.07, 6.45) is -3.35. The van der Waals surface area contributed by atoms with Gasteiger partial charge >= 0.3 is 5.97 Å². The molecule has 0 saturated carbocycles. The monoisotopic (exact) mass is 329 g/mol. The number of hydrogen-bond acceptors (Lipinski definition) is 8. The first kappa shape index (κ1) is 20.7. The van der Waals surface area contributed by atoms with Crippen molar-refractivity contribution in [1.29, 1.82) is 0 Å². The minimum Gasteiger partial charge on any atom is -0.426 e. The third kappa shape index (κ3) is 7.47. The number of esters is 1. The first-order chi connectivity index (χ1) is 10.7. The molecular formula is C14H19NO8. The van der Waals surface area contributed by atoms with Crippen LogP contribution in [-0.4, -0.2) is 63.5 Å². The molecule has 2 unspecified atom stereocenters. The van der Waals surface area contributed by atoms with Crippen molar-refractivity contribution < 1.29 is 39.5 Å². The van der Waals surface area contributed by atoms with Gasteiger partial charge in [-0.3, -0.25) is 14.4 Å². The number of ether oxygens (including phenoxy) is 1. The summed E-state index contributed by atoms with van der Waals surface area (Å²) in [5.41, 5.74) is 4.37. The summed E-state index contributed by atoms with van der Waals surface area (Å²) in [6.45, 7) is -0.122. The van der Waals surface area contributed by atoms with E-state index in [0.717, 1.165) is 0 Å². The smallest absolute Gasteiger partial charge is 0.308 e. The third-order valence-corrected chi connectivity index (χ3v) is 2.38. The second-order valence-electron chi connectivity index (χ2n) is 4.27. The molecule has 2 atom stereocenters. The highest BCUT2D eigenvalue weighted by atomic mass is 16.5. The van der Waals surface area contributed by atoms with Crippen molar-refractivity contribution >= 4 is 17.7 Å². The minimum atomic E-state index is -1.77. The number of aliphatic hydroxyl groups excluding tert-OH is 4. The molecule has 0 radical (unpaired) electrons. The molecule has 0 spiro atoms. The predicted molar refractivity (Wildman–Crippen MR) is 77.5 cm³/mol. The molecule has 1 rings (SSSR count). The van der Waals surface area contributed by atoms with E-state index < -0.39 is 43.1 Å². The number of carbonyl (C=O) groups is 3. The highest BCUT2D eigenvalue weighted by molar-refractivity contribution is 6.02. The lowest BCUT2D eigenvalue weighted by Gasteiger charge is -2.15. The second kappa shape index (κ2) is 10.4. The average molecular weight is 329 g/mol. The lowest BCUT2D eigenvalue weighted by Crippen LogP contribution is -2.36. The van der Waals surface area contributed by atoms with Crippen molar-refractivity contribution in [2.75, 3.05) is 13.2 Å². The number of nitrogens with two attached hydrogens (primary N) is 1. The van der Waals surface area contributed by atoms with Crippen molar-refractivity contribution in [2.45, 2.75) is 19.1 Å². The fourth-order valence-corrected chi connectivity index (χ4v) is 1.35. The first-order valence-electron chi connectivity index (χ1n) is 6.42. The lowest BCUT2D eigenvalue weighted by molar-refractivity contribution is -0.131. The zero-order valence-electron chi connectivity index (χ0n) is 12.4. The molecule has 1 aromatic carbocycles. The molecule has 6 N–H and O–H groups in total. The molecule has 1 aromatic rings. The van der Waals surface area contributed by atoms with Gasteiger partial charge in [0.2, 0.25) is 5.91 Å². The van der Waals surface area contributed by atoms with Gasteiger partial charge in [-0.25, -0.2) is 0 Å². The Bertz CT molecular complexity index is 545. The summed E-state index contributed by atoms with van der Waals surface area (Å²) in [5, 5.41) is 35.0. The van der Waals surface area contributed by atoms with Crippen LogP contribution >= 0.6 is 0 Å². The van der Waals surface area contributed by atoms with E-state index in [2.05, 4.69) is 5.73 Å². The molecule has 0 bridgehead atoms. The predicted octanol–water partition coefficient (Wildman–Crippen LogP) is -2.03. The maximum absolute atomic E-state index is 11.8. The van der Waals surface area contributed by atoms with Crippen LogP contribution in [0.2, 0.25) is 0 Å². The number of hydrogen-bond donors (Lipinski definition) is 5. The Morgan fingerprint density at radius 3 is 2.13 bits per heavy atom. The van der Waals surface area contributed by atoms with Crippen LogP contribution in [0.5, 0.6) is 5.75 Å². The van der Waals surface area contributed by atoms with Crippen molar-refractivity contribution in [2.24, 2.45) is 5.73 Å². The Hall–Kier alpha value is -2.33. The Morgan fingerprint density at radius 2 is 1.70 bits per heavy atom. The molecule has 0 saturated heterocycles. The zero-order chi connectivity index (χ0) is 18.0. The number of ketones is 1. The van der Waals surface area contributed by atoms with Gasteiger partial charge in [0.15, 0.2) is 5.78 Å². The van der Waals surface area contributed by atoms with Crippen LogP contribution in [-0.2, 0) is 9.59 Å². The van der Waals surface area contributed by atoms with Gasteiger partial charge in [-0.05, 0) is 12.1 Å². The van der Waals surface area contributed by atoms with Crippen LogP contribution < -0.4 is 10.5 Å². The topological polar surface area (TPSA) is 167 Å². The second-order valence-corrected chi connectivity index (χ2v) is 4.27. The number of primary amides is 1. The highest BCUT2D eigenvalue weighted by Gasteiger charge is 2.27. The number of rotatable bonds is 6. The summed E-state index contributed by atoms with van der Waals surface area (Å²) in [5.74, 6) is -2.12. The lowest BCUT2D eigenvalue weighted by atomic mass is 10.0. The average Bonchev–Trinajstić information content (AvgIpc) is 2.53. The Labute approximate surface area is 131 Å². The Kier molecular flexibility index (Phi) is 9.35. The molecule has 0 aliphatic carbocycles. The largest absolute Gasteiger partial charge is 0.426 e. The van der Waals surface area contributed by atoms with E-state index in [9.17, 15) is 24.6 Å². The number of Topliss-reactive ketones (excluding diaryl/α,β-unsaturated/α-hetero) is 1. The van der Waals surface area contributed by atoms with Crippen LogP contribution in [0.3, 0.4) is 0 Å². The van der Waals surface area contributed by atoms with Gasteiger partial charge < -0.3 is 30.9 Å². The third-order valence-electron chi connectivity index (χ3n) is 2.38. The van der Waals surface area contributed by atoms with Crippen LogP contribution in [0, 0.1) is 0 Å². The molecule has 0 fully saturated rings. The van der Waals surface area contributed by atoms with Crippen LogP contribution in [0.1, 0.15) is 17.3 Å². The van der Waals surface area contributed by atoms with E-state index in [1.165, 1.54) is 25.1 Å². The number of amides is 1. The molecule has 9 heteroatoms. The van der Waals surface area contributed by atoms with Gasteiger partial charge in [-0.2, -0.15) is 0 Å². The molecule has 0 aromatic heterocycles.